The highest BCUT2D eigenvalue weighted by Crippen LogP contribution is 2.22. The predicted octanol–water partition coefficient (Wildman–Crippen LogP) is 2.60. The molecule has 0 spiro atoms. The summed E-state index contributed by atoms with van der Waals surface area (Å²) < 4.78 is 5.66. The van der Waals surface area contributed by atoms with Crippen LogP contribution in [-0.4, -0.2) is 36.5 Å². The van der Waals surface area contributed by atoms with Crippen molar-refractivity contribution in [2.45, 2.75) is 51.6 Å². The highest BCUT2D eigenvalue weighted by molar-refractivity contribution is 5.78. The molecule has 4 heteroatoms. The third-order valence-electron chi connectivity index (χ3n) is 4.25. The fraction of sp³-hybridized carbons (Fsp3) is 0.611. The lowest BCUT2D eigenvalue weighted by Crippen LogP contribution is -2.37. The van der Waals surface area contributed by atoms with E-state index in [0.29, 0.717) is 25.0 Å². The lowest BCUT2D eigenvalue weighted by molar-refractivity contribution is -0.131. The first kappa shape index (κ1) is 16.8. The predicted molar refractivity (Wildman–Crippen MR) is 88.9 cm³/mol. The van der Waals surface area contributed by atoms with Gasteiger partial charge in [0.1, 0.15) is 5.75 Å². The van der Waals surface area contributed by atoms with E-state index < -0.39 is 0 Å². The molecule has 1 saturated carbocycles. The molecule has 1 fully saturated rings. The Morgan fingerprint density at radius 3 is 2.55 bits per heavy atom. The first-order chi connectivity index (χ1) is 10.5. The Balaban J connectivity index is 1.86. The van der Waals surface area contributed by atoms with Crippen molar-refractivity contribution >= 4 is 5.91 Å². The highest BCUT2D eigenvalue weighted by atomic mass is 16.5. The van der Waals surface area contributed by atoms with E-state index in [0.717, 1.165) is 30.6 Å². The molecule has 0 radical (unpaired) electrons. The second-order valence-corrected chi connectivity index (χ2v) is 6.76. The molecule has 22 heavy (non-hydrogen) atoms. The van der Waals surface area contributed by atoms with E-state index in [-0.39, 0.29) is 11.9 Å². The number of likely N-dealkylation sites (N-methyl/N-ethyl adjacent to an activating group) is 1. The maximum absolute atomic E-state index is 12.4. The second kappa shape index (κ2) is 7.63. The summed E-state index contributed by atoms with van der Waals surface area (Å²) in [5.74, 6) is 1.53. The smallest absolute Gasteiger partial charge is 0.226 e. The van der Waals surface area contributed by atoms with E-state index in [1.54, 1.807) is 0 Å². The van der Waals surface area contributed by atoms with Crippen LogP contribution in [0.1, 0.15) is 38.7 Å². The number of hydrogen-bond donors (Lipinski definition) is 1. The quantitative estimate of drug-likeness (QED) is 0.879. The van der Waals surface area contributed by atoms with E-state index in [1.807, 2.05) is 36.2 Å². The van der Waals surface area contributed by atoms with Crippen LogP contribution in [-0.2, 0) is 11.2 Å². The van der Waals surface area contributed by atoms with Crippen LogP contribution in [0.25, 0.3) is 0 Å². The first-order valence-electron chi connectivity index (χ1n) is 8.18. The molecule has 4 nitrogen and oxygen atoms in total. The van der Waals surface area contributed by atoms with Gasteiger partial charge in [-0.15, -0.1) is 0 Å². The topological polar surface area (TPSA) is 55.6 Å². The van der Waals surface area contributed by atoms with Crippen molar-refractivity contribution in [1.82, 2.24) is 4.90 Å². The van der Waals surface area contributed by atoms with Crippen molar-refractivity contribution in [3.63, 3.8) is 0 Å². The first-order valence-corrected chi connectivity index (χ1v) is 8.18. The fourth-order valence-corrected chi connectivity index (χ4v) is 2.81. The molecule has 122 valence electrons. The number of rotatable bonds is 6. The number of ether oxygens (including phenoxy) is 1. The van der Waals surface area contributed by atoms with Crippen LogP contribution in [0.15, 0.2) is 24.3 Å². The normalized spacial score (nSPS) is 21.1. The Hall–Kier alpha value is -1.55. The molecule has 0 unspecified atom stereocenters. The Bertz CT molecular complexity index is 484. The number of nitrogens with zero attached hydrogens (tertiary/aromatic N) is 1. The van der Waals surface area contributed by atoms with Crippen molar-refractivity contribution in [1.29, 1.82) is 0 Å². The summed E-state index contributed by atoms with van der Waals surface area (Å²) in [6.07, 6.45) is 3.40. The van der Waals surface area contributed by atoms with Gasteiger partial charge in [-0.3, -0.25) is 4.79 Å². The van der Waals surface area contributed by atoms with Crippen LogP contribution in [0.4, 0.5) is 0 Å². The molecule has 2 rings (SSSR count). The van der Waals surface area contributed by atoms with E-state index in [2.05, 4.69) is 13.8 Å². The number of carbonyl (C=O) groups is 1. The second-order valence-electron chi connectivity index (χ2n) is 6.76. The van der Waals surface area contributed by atoms with Crippen LogP contribution in [0.3, 0.4) is 0 Å². The summed E-state index contributed by atoms with van der Waals surface area (Å²) in [7, 11) is 1.89. The maximum atomic E-state index is 12.4. The summed E-state index contributed by atoms with van der Waals surface area (Å²) in [6.45, 7) is 4.96. The molecule has 1 amide bonds. The van der Waals surface area contributed by atoms with E-state index in [4.69, 9.17) is 10.5 Å². The van der Waals surface area contributed by atoms with Crippen molar-refractivity contribution in [2.75, 3.05) is 13.7 Å². The fourth-order valence-electron chi connectivity index (χ4n) is 2.81. The van der Waals surface area contributed by atoms with Crippen LogP contribution in [0, 0.1) is 5.92 Å². The molecule has 1 aromatic rings. The van der Waals surface area contributed by atoms with Crippen LogP contribution < -0.4 is 10.5 Å². The molecular formula is C18H28N2O2. The number of nitrogens with two attached hydrogens (primary N) is 1. The van der Waals surface area contributed by atoms with E-state index in [9.17, 15) is 4.79 Å². The number of benzene rings is 1. The molecule has 1 aliphatic rings. The molecule has 2 N–H and O–H groups in total. The highest BCUT2D eigenvalue weighted by Gasteiger charge is 2.27. The third-order valence-corrected chi connectivity index (χ3v) is 4.25. The van der Waals surface area contributed by atoms with Gasteiger partial charge in [0.05, 0.1) is 13.0 Å². The molecule has 0 saturated heterocycles. The van der Waals surface area contributed by atoms with E-state index in [1.165, 1.54) is 0 Å². The van der Waals surface area contributed by atoms with Gasteiger partial charge in [0.25, 0.3) is 0 Å². The molecule has 1 aliphatic carbocycles. The molecule has 0 heterocycles. The van der Waals surface area contributed by atoms with Gasteiger partial charge < -0.3 is 15.4 Å². The summed E-state index contributed by atoms with van der Waals surface area (Å²) >= 11 is 0. The lowest BCUT2D eigenvalue weighted by Gasteiger charge is -2.24. The summed E-state index contributed by atoms with van der Waals surface area (Å²) in [6, 6.07) is 8.38. The minimum absolute atomic E-state index is 0.162. The molecular weight excluding hydrogens is 276 g/mol. The zero-order valence-electron chi connectivity index (χ0n) is 13.9. The third kappa shape index (κ3) is 4.73. The number of carbonyl (C=O) groups excluding carboxylic acids is 1. The largest absolute Gasteiger partial charge is 0.493 e. The van der Waals surface area contributed by atoms with Gasteiger partial charge in [-0.2, -0.15) is 0 Å². The molecule has 0 aliphatic heterocycles. The maximum Gasteiger partial charge on any atom is 0.226 e. The van der Waals surface area contributed by atoms with Gasteiger partial charge in [-0.25, -0.2) is 0 Å². The van der Waals surface area contributed by atoms with Gasteiger partial charge >= 0.3 is 0 Å². The molecule has 1 aromatic carbocycles. The van der Waals surface area contributed by atoms with Crippen molar-refractivity contribution in [2.24, 2.45) is 11.7 Å². The minimum atomic E-state index is 0.162. The Morgan fingerprint density at radius 2 is 2.00 bits per heavy atom. The summed E-state index contributed by atoms with van der Waals surface area (Å²) in [5, 5.41) is 0. The Morgan fingerprint density at radius 1 is 1.32 bits per heavy atom. The standard InChI is InChI=1S/C18H28N2O2/c1-13(2)12-22-17-8-4-14(5-9-17)10-18(21)20(3)16-7-6-15(19)11-16/h4-5,8-9,13,15-16H,6-7,10-12,19H2,1-3H3/t15-,16-/m0/s1. The zero-order chi connectivity index (χ0) is 16.1. The van der Waals surface area contributed by atoms with Gasteiger partial charge in [0.2, 0.25) is 5.91 Å². The number of hydrogen-bond acceptors (Lipinski definition) is 3. The molecule has 2 atom stereocenters. The summed E-state index contributed by atoms with van der Waals surface area (Å²) in [5.41, 5.74) is 6.95. The van der Waals surface area contributed by atoms with Crippen molar-refractivity contribution < 1.29 is 9.53 Å². The number of amides is 1. The molecule has 0 bridgehead atoms. The lowest BCUT2D eigenvalue weighted by atomic mass is 10.1. The van der Waals surface area contributed by atoms with Crippen LogP contribution in [0.2, 0.25) is 0 Å². The average Bonchev–Trinajstić information content (AvgIpc) is 2.92. The van der Waals surface area contributed by atoms with Crippen LogP contribution in [0.5, 0.6) is 5.75 Å². The summed E-state index contributed by atoms with van der Waals surface area (Å²) in [4.78, 5) is 14.2. The van der Waals surface area contributed by atoms with Crippen LogP contribution >= 0.6 is 0 Å². The van der Waals surface area contributed by atoms with Gasteiger partial charge in [-0.05, 0) is 42.9 Å². The zero-order valence-corrected chi connectivity index (χ0v) is 13.9. The SMILES string of the molecule is CC(C)COc1ccc(CC(=O)N(C)[C@H]2CC[C@H](N)C2)cc1. The minimum Gasteiger partial charge on any atom is -0.493 e. The van der Waals surface area contributed by atoms with Gasteiger partial charge in [-0.1, -0.05) is 26.0 Å². The Kier molecular flexibility index (Phi) is 5.83. The van der Waals surface area contributed by atoms with E-state index >= 15 is 0 Å². The monoisotopic (exact) mass is 304 g/mol. The van der Waals surface area contributed by atoms with Gasteiger partial charge in [0.15, 0.2) is 0 Å². The average molecular weight is 304 g/mol. The van der Waals surface area contributed by atoms with Crippen molar-refractivity contribution in [3.8, 4) is 5.75 Å². The van der Waals surface area contributed by atoms with Gasteiger partial charge in [0, 0.05) is 19.1 Å². The Labute approximate surface area is 133 Å². The van der Waals surface area contributed by atoms with Crippen molar-refractivity contribution in [3.05, 3.63) is 29.8 Å². The molecule has 0 aromatic heterocycles.